The van der Waals surface area contributed by atoms with Crippen molar-refractivity contribution in [1.29, 1.82) is 0 Å². The standard InChI is InChI=1S/C20H22FNO2.2C19H21FN2O2.C11H14FN.2C11H12FN.C9H9BrO2.C6H6FN.C5H7Cl.ClH.Cu/c1-20(2)11-10-16-12-17(21)8-9-18(16)22(20)13-14-4-6-15(7-5-14)19(23)24-3;2*1-19(2)10-9-15-11-16(20)7-8-17(15)22(19)12-13-3-5-14(6-4-13)18(23)21-24;2*1-11(2)6-5-8-7-9(12)3-4-10(8)13-11;1-4-11(2,3)13-10-7-5-9(12)6-8-10;1-12-9(11)8-4-2-7(6-10)3-5-8;7-5-1-3-6(8)4-2-5;1-4-5(2,3)6;;/h4-9,12H,10-11,13H2,1-3H3;2*3-8,11,24H,9-10,12H2,1-2H3,(H,21,23);3-4,7,13H,5-6H2,1-2H3;3-7,13H,1-2H3;1,5-8,13H,2-3H3;2-5H,6H2,1H3;1-4H,8H2;1H,2-3H3;1H;/q;;;;;;;;;;+1/p-1. The summed E-state index contributed by atoms with van der Waals surface area (Å²) in [4.78, 5) is 51.8. The second kappa shape index (κ2) is 52.1. The molecule has 0 radical (unpaired) electrons. The van der Waals surface area contributed by atoms with Crippen molar-refractivity contribution in [2.75, 3.05) is 50.6 Å². The van der Waals surface area contributed by atoms with E-state index in [2.05, 4.69) is 158 Å². The van der Waals surface area contributed by atoms with Crippen LogP contribution in [0.4, 0.5) is 70.5 Å². The van der Waals surface area contributed by atoms with Crippen LogP contribution in [0.3, 0.4) is 0 Å². The van der Waals surface area contributed by atoms with E-state index in [9.17, 15) is 49.9 Å². The first-order valence-corrected chi connectivity index (χ1v) is 47.6. The van der Waals surface area contributed by atoms with E-state index in [1.807, 2.05) is 98.8 Å². The van der Waals surface area contributed by atoms with Crippen molar-refractivity contribution < 1.29 is 84.9 Å². The molecule has 17 nitrogen and oxygen atoms in total. The second-order valence-corrected chi connectivity index (χ2v) is 39.1. The van der Waals surface area contributed by atoms with E-state index in [4.69, 9.17) is 45.3 Å². The molecule has 0 atom stereocenters. The van der Waals surface area contributed by atoms with Crippen LogP contribution >= 0.6 is 37.6 Å². The van der Waals surface area contributed by atoms with Gasteiger partial charge in [-0.05, 0) is 381 Å². The minimum absolute atomic E-state index is 0.00809. The molecular formula is C111H124BrCl2CuF7N9O8. The Morgan fingerprint density at radius 2 is 0.763 bits per heavy atom. The molecule has 5 heterocycles. The number of hydrogen-bond donors (Lipinski definition) is 8. The number of nitrogens with two attached hydrogens (primary N) is 1. The molecule has 0 saturated carbocycles. The topological polar surface area (TPSA) is 223 Å². The number of terminal acetylenes is 2. The van der Waals surface area contributed by atoms with Gasteiger partial charge in [-0.25, -0.2) is 51.3 Å². The molecule has 5 aliphatic heterocycles. The number of methoxy groups -OCH3 is 2. The predicted molar refractivity (Wildman–Crippen MR) is 548 cm³/mol. The normalized spacial score (nSPS) is 14.4. The van der Waals surface area contributed by atoms with Gasteiger partial charge >= 0.3 is 37.1 Å². The fraction of sp³-hybridized carbons (Fsp3) is 0.315. The molecular weight excluding hydrogens is 1930 g/mol. The van der Waals surface area contributed by atoms with Crippen LogP contribution < -0.4 is 47.3 Å². The van der Waals surface area contributed by atoms with E-state index < -0.39 is 22.2 Å². The van der Waals surface area contributed by atoms with Gasteiger partial charge in [-0.3, -0.25) is 20.0 Å². The van der Waals surface area contributed by atoms with Gasteiger partial charge in [0.1, 0.15) is 40.7 Å². The number of ether oxygens (including phenoxy) is 2. The molecule has 2 amide bonds. The van der Waals surface area contributed by atoms with Gasteiger partial charge in [0.25, 0.3) is 11.8 Å². The van der Waals surface area contributed by atoms with Crippen LogP contribution in [0.5, 0.6) is 0 Å². The molecule has 0 spiro atoms. The zero-order chi connectivity index (χ0) is 103. The van der Waals surface area contributed by atoms with Crippen LogP contribution in [0.2, 0.25) is 0 Å². The van der Waals surface area contributed by atoms with E-state index >= 15 is 0 Å². The molecule has 28 heteroatoms. The number of benzene rings is 11. The van der Waals surface area contributed by atoms with Crippen molar-refractivity contribution in [2.45, 2.75) is 211 Å². The second-order valence-electron chi connectivity index (χ2n) is 37.6. The number of rotatable bonds is 13. The summed E-state index contributed by atoms with van der Waals surface area (Å²) in [7, 11) is 6.95. The van der Waals surface area contributed by atoms with Crippen LogP contribution in [0, 0.1) is 65.4 Å². The predicted octanol–water partition coefficient (Wildman–Crippen LogP) is 26.5. The number of alkyl halides is 2. The molecule has 0 bridgehead atoms. The third-order valence-electron chi connectivity index (χ3n) is 23.4. The number of nitrogen functional groups attached to an aromatic ring is 1. The van der Waals surface area contributed by atoms with E-state index in [1.165, 1.54) is 87.0 Å². The van der Waals surface area contributed by atoms with Gasteiger partial charge in [-0.1, -0.05) is 88.5 Å². The zero-order valence-electron chi connectivity index (χ0n) is 81.2. The van der Waals surface area contributed by atoms with Crippen LogP contribution in [0.1, 0.15) is 214 Å². The maximum absolute atomic E-state index is 13.5. The van der Waals surface area contributed by atoms with Crippen LogP contribution in [-0.4, -0.2) is 86.5 Å². The molecule has 11 aromatic carbocycles. The van der Waals surface area contributed by atoms with Crippen molar-refractivity contribution >= 4 is 107 Å². The molecule has 0 fully saturated rings. The average molecular weight is 2060 g/mol. The van der Waals surface area contributed by atoms with E-state index in [-0.39, 0.29) is 80.4 Å². The molecule has 9 N–H and O–H groups in total. The Kier molecular flexibility index (Phi) is 42.7. The molecule has 0 saturated heterocycles. The minimum atomic E-state index is -0.527. The van der Waals surface area contributed by atoms with Crippen LogP contribution in [0.15, 0.2) is 243 Å². The van der Waals surface area contributed by atoms with E-state index in [0.717, 1.165) is 141 Å². The van der Waals surface area contributed by atoms with Gasteiger partial charge in [-0.15, -0.1) is 24.4 Å². The van der Waals surface area contributed by atoms with Crippen molar-refractivity contribution in [3.8, 4) is 24.7 Å². The number of esters is 2. The first-order valence-electron chi connectivity index (χ1n) is 44.8. The number of fused-ring (bicyclic) bond motifs is 5. The molecule has 11 aromatic rings. The Balaban J connectivity index is 0.000000218. The number of hydroxylamine groups is 2. The van der Waals surface area contributed by atoms with Crippen molar-refractivity contribution in [3.63, 3.8) is 0 Å². The van der Waals surface area contributed by atoms with Crippen LogP contribution in [0.25, 0.3) is 6.08 Å². The van der Waals surface area contributed by atoms with Gasteiger partial charge in [0.15, 0.2) is 0 Å². The first kappa shape index (κ1) is 114. The number of amides is 2. The Bertz CT molecular complexity index is 5690. The van der Waals surface area contributed by atoms with Gasteiger partial charge in [0.05, 0.1) is 41.3 Å². The summed E-state index contributed by atoms with van der Waals surface area (Å²) in [5.74, 6) is 1.87. The van der Waals surface area contributed by atoms with Gasteiger partial charge < -0.3 is 45.9 Å². The number of hydrogen-bond acceptors (Lipinski definition) is 15. The Morgan fingerprint density at radius 3 is 1.10 bits per heavy atom. The number of halogens is 10. The number of carbonyl (C=O) groups excluding carboxylic acids is 4. The SMILES string of the molecule is C#CC(C)(C)Cl.C#CC(C)(C)Nc1ccc(F)cc1.CC1(C)C=Cc2cc(F)ccc2N1.CC1(C)CCc2cc(F)ccc2N1.CC1(C)CCc2cc(F)ccc2N1Cc1ccc(C(=O)NO)cc1.CC1(C)CCc2cc(F)ccc2N1Cc1ccc(C(=O)NO)cc1.COC(=O)c1ccc(CBr)cc1.COC(=O)c1ccc(CN2c3ccc(F)cc3CCC2(C)C)cc1.Nc1ccc(F)cc1.[Cl][Cu]. The molecule has 0 aromatic heterocycles. The van der Waals surface area contributed by atoms with Crippen molar-refractivity contribution in [3.05, 3.63) is 356 Å². The summed E-state index contributed by atoms with van der Waals surface area (Å²) in [5.41, 5.74) is 26.3. The average Bonchev–Trinajstić information content (AvgIpc) is 0.773. The fourth-order valence-electron chi connectivity index (χ4n) is 15.2. The fourth-order valence-corrected chi connectivity index (χ4v) is 15.6. The van der Waals surface area contributed by atoms with Gasteiger partial charge in [0, 0.05) is 104 Å². The zero-order valence-corrected chi connectivity index (χ0v) is 85.2. The number of nitrogens with one attached hydrogen (secondary N) is 5. The molecule has 139 heavy (non-hydrogen) atoms. The molecule has 0 unspecified atom stereocenters. The molecule has 0 aliphatic carbocycles. The van der Waals surface area contributed by atoms with Crippen molar-refractivity contribution in [2.24, 2.45) is 0 Å². The summed E-state index contributed by atoms with van der Waals surface area (Å²) in [6.07, 6.45) is 21.7. The van der Waals surface area contributed by atoms with E-state index in [1.54, 1.807) is 116 Å². The quantitative estimate of drug-likeness (QED) is 0.00786. The number of aryl methyl sites for hydroxylation is 4. The molecule has 742 valence electrons. The molecule has 16 rings (SSSR count). The van der Waals surface area contributed by atoms with E-state index in [0.29, 0.717) is 47.6 Å². The molecule has 5 aliphatic rings. The summed E-state index contributed by atoms with van der Waals surface area (Å²) in [5, 5.41) is 28.0. The van der Waals surface area contributed by atoms with Crippen molar-refractivity contribution in [1.82, 2.24) is 11.0 Å². The Labute approximate surface area is 839 Å². The van der Waals surface area contributed by atoms with Crippen LogP contribution in [-0.2, 0) is 75.2 Å². The number of nitrogens with zero attached hydrogens (tertiary/aromatic N) is 3. The monoisotopic (exact) mass is 2060 g/mol. The summed E-state index contributed by atoms with van der Waals surface area (Å²) in [6, 6.07) is 65.5. The third kappa shape index (κ3) is 35.9. The summed E-state index contributed by atoms with van der Waals surface area (Å²) < 4.78 is 100. The summed E-state index contributed by atoms with van der Waals surface area (Å²) >= 11 is 12.5. The first-order chi connectivity index (χ1) is 65.5. The number of carbonyl (C=O) groups is 4. The maximum atomic E-state index is 13.5. The van der Waals surface area contributed by atoms with Gasteiger partial charge in [-0.2, -0.15) is 0 Å². The third-order valence-corrected chi connectivity index (χ3v) is 24.1. The Morgan fingerprint density at radius 1 is 0.446 bits per heavy atom. The number of anilines is 7. The van der Waals surface area contributed by atoms with Gasteiger partial charge in [0.2, 0.25) is 0 Å². The summed E-state index contributed by atoms with van der Waals surface area (Å²) in [6.45, 7) is 31.0. The Hall–Kier alpha value is -12.2.